The van der Waals surface area contributed by atoms with E-state index in [0.717, 1.165) is 29.9 Å². The van der Waals surface area contributed by atoms with Gasteiger partial charge in [-0.2, -0.15) is 0 Å². The van der Waals surface area contributed by atoms with Crippen molar-refractivity contribution in [1.29, 1.82) is 0 Å². The van der Waals surface area contributed by atoms with E-state index in [1.54, 1.807) is 0 Å². The zero-order chi connectivity index (χ0) is 14.3. The maximum absolute atomic E-state index is 11.6. The number of likely N-dealkylation sites (tertiary alicyclic amines) is 1. The number of hydrogen-bond acceptors (Lipinski definition) is 4. The van der Waals surface area contributed by atoms with Crippen molar-refractivity contribution < 1.29 is 14.4 Å². The highest BCUT2D eigenvalue weighted by Crippen LogP contribution is 2.40. The summed E-state index contributed by atoms with van der Waals surface area (Å²) in [6, 6.07) is 0.0651. The number of halogens is 1. The molecule has 1 aromatic heterocycles. The van der Waals surface area contributed by atoms with Crippen molar-refractivity contribution in [2.45, 2.75) is 64.6 Å². The van der Waals surface area contributed by atoms with Gasteiger partial charge in [0.1, 0.15) is 11.8 Å². The molecule has 0 bridgehead atoms. The van der Waals surface area contributed by atoms with Crippen LogP contribution >= 0.6 is 12.4 Å². The second kappa shape index (κ2) is 6.36. The third-order valence-corrected chi connectivity index (χ3v) is 5.03. The van der Waals surface area contributed by atoms with Crippen LogP contribution in [0.3, 0.4) is 0 Å². The van der Waals surface area contributed by atoms with Crippen molar-refractivity contribution in [3.05, 3.63) is 17.0 Å². The number of aromatic nitrogens is 1. The summed E-state index contributed by atoms with van der Waals surface area (Å²) in [5, 5.41) is 13.5. The van der Waals surface area contributed by atoms with Gasteiger partial charge in [0.05, 0.1) is 5.69 Å². The molecule has 1 aromatic rings. The number of fused-ring (bicyclic) bond motifs is 1. The van der Waals surface area contributed by atoms with E-state index in [9.17, 15) is 9.90 Å². The molecule has 1 aliphatic heterocycles. The van der Waals surface area contributed by atoms with Gasteiger partial charge in [-0.1, -0.05) is 18.0 Å². The molecule has 1 N–H and O–H groups in total. The zero-order valence-corrected chi connectivity index (χ0v) is 13.4. The van der Waals surface area contributed by atoms with E-state index in [1.807, 2.05) is 13.8 Å². The molecule has 2 aliphatic rings. The van der Waals surface area contributed by atoms with Gasteiger partial charge < -0.3 is 9.63 Å². The second-order valence-corrected chi connectivity index (χ2v) is 6.18. The van der Waals surface area contributed by atoms with Gasteiger partial charge in [-0.15, -0.1) is 12.4 Å². The smallest absolute Gasteiger partial charge is 0.320 e. The Balaban J connectivity index is 0.00000161. The maximum atomic E-state index is 11.6. The Labute approximate surface area is 131 Å². The third-order valence-electron chi connectivity index (χ3n) is 5.03. The average Bonchev–Trinajstić information content (AvgIpc) is 2.94. The van der Waals surface area contributed by atoms with E-state index in [-0.39, 0.29) is 18.4 Å². The Hall–Kier alpha value is -1.07. The second-order valence-electron chi connectivity index (χ2n) is 6.18. The van der Waals surface area contributed by atoms with Crippen LogP contribution in [0.1, 0.15) is 49.1 Å². The molecule has 21 heavy (non-hydrogen) atoms. The Kier molecular flexibility index (Phi) is 4.94. The van der Waals surface area contributed by atoms with Crippen LogP contribution in [0.4, 0.5) is 0 Å². The predicted molar refractivity (Wildman–Crippen MR) is 80.6 cm³/mol. The van der Waals surface area contributed by atoms with Gasteiger partial charge in [0, 0.05) is 18.2 Å². The minimum absolute atomic E-state index is 0. The van der Waals surface area contributed by atoms with E-state index < -0.39 is 5.97 Å². The van der Waals surface area contributed by atoms with Crippen LogP contribution in [-0.2, 0) is 11.3 Å². The predicted octanol–water partition coefficient (Wildman–Crippen LogP) is 2.93. The summed E-state index contributed by atoms with van der Waals surface area (Å²) in [4.78, 5) is 13.8. The fourth-order valence-corrected chi connectivity index (χ4v) is 3.93. The Morgan fingerprint density at radius 2 is 2.10 bits per heavy atom. The Morgan fingerprint density at radius 3 is 2.71 bits per heavy atom. The van der Waals surface area contributed by atoms with Crippen LogP contribution in [0.5, 0.6) is 0 Å². The molecule has 3 unspecified atom stereocenters. The summed E-state index contributed by atoms with van der Waals surface area (Å²) >= 11 is 0. The van der Waals surface area contributed by atoms with Gasteiger partial charge in [0.2, 0.25) is 0 Å². The lowest BCUT2D eigenvalue weighted by Crippen LogP contribution is -2.41. The number of nitrogens with zero attached hydrogens (tertiary/aromatic N) is 2. The minimum Gasteiger partial charge on any atom is -0.480 e. The lowest BCUT2D eigenvalue weighted by Gasteiger charge is -2.32. The summed E-state index contributed by atoms with van der Waals surface area (Å²) in [6.45, 7) is 4.48. The SMILES string of the molecule is Cc1noc(C)c1CN1C(C(=O)O)CC2CCCCC21.Cl. The van der Waals surface area contributed by atoms with Crippen LogP contribution in [-0.4, -0.2) is 33.2 Å². The molecule has 0 radical (unpaired) electrons. The van der Waals surface area contributed by atoms with E-state index in [1.165, 1.54) is 19.3 Å². The fraction of sp³-hybridized carbons (Fsp3) is 0.733. The first-order chi connectivity index (χ1) is 9.58. The molecule has 2 heterocycles. The van der Waals surface area contributed by atoms with Crippen molar-refractivity contribution >= 4 is 18.4 Å². The molecule has 0 spiro atoms. The number of aryl methyl sites for hydroxylation is 2. The molecule has 6 heteroatoms. The van der Waals surface area contributed by atoms with E-state index >= 15 is 0 Å². The number of aliphatic carboxylic acids is 1. The van der Waals surface area contributed by atoms with Crippen LogP contribution in [0.2, 0.25) is 0 Å². The summed E-state index contributed by atoms with van der Waals surface area (Å²) < 4.78 is 5.21. The molecule has 1 saturated carbocycles. The molecule has 0 amide bonds. The van der Waals surface area contributed by atoms with Crippen LogP contribution in [0.15, 0.2) is 4.52 Å². The van der Waals surface area contributed by atoms with Crippen molar-refractivity contribution in [3.8, 4) is 0 Å². The standard InChI is InChI=1S/C15H22N2O3.ClH/c1-9-12(10(2)20-16-9)8-17-13-6-4-3-5-11(13)7-14(17)15(18)19;/h11,13-14H,3-8H2,1-2H3,(H,18,19);1H. The van der Waals surface area contributed by atoms with Gasteiger partial charge in [-0.05, 0) is 39.0 Å². The normalized spacial score (nSPS) is 29.0. The number of rotatable bonds is 3. The number of hydrogen-bond donors (Lipinski definition) is 1. The highest BCUT2D eigenvalue weighted by atomic mass is 35.5. The third kappa shape index (κ3) is 2.94. The zero-order valence-electron chi connectivity index (χ0n) is 12.5. The summed E-state index contributed by atoms with van der Waals surface area (Å²) in [5.41, 5.74) is 1.94. The van der Waals surface area contributed by atoms with E-state index in [4.69, 9.17) is 4.52 Å². The Bertz CT molecular complexity index is 498. The van der Waals surface area contributed by atoms with Gasteiger partial charge in [-0.25, -0.2) is 0 Å². The molecule has 118 valence electrons. The number of carbonyl (C=O) groups is 1. The first kappa shape index (κ1) is 16.3. The van der Waals surface area contributed by atoms with Crippen LogP contribution < -0.4 is 0 Å². The molecule has 1 aliphatic carbocycles. The number of carboxylic acids is 1. The van der Waals surface area contributed by atoms with Crippen molar-refractivity contribution in [3.63, 3.8) is 0 Å². The monoisotopic (exact) mass is 314 g/mol. The molecule has 3 rings (SSSR count). The Morgan fingerprint density at radius 1 is 1.38 bits per heavy atom. The molecular formula is C15H23ClN2O3. The highest BCUT2D eigenvalue weighted by Gasteiger charge is 2.45. The quantitative estimate of drug-likeness (QED) is 0.929. The lowest BCUT2D eigenvalue weighted by molar-refractivity contribution is -0.142. The average molecular weight is 315 g/mol. The van der Waals surface area contributed by atoms with Crippen molar-refractivity contribution in [2.75, 3.05) is 0 Å². The van der Waals surface area contributed by atoms with E-state index in [2.05, 4.69) is 10.1 Å². The van der Waals surface area contributed by atoms with Gasteiger partial charge in [0.15, 0.2) is 0 Å². The van der Waals surface area contributed by atoms with Crippen molar-refractivity contribution in [1.82, 2.24) is 10.1 Å². The molecule has 5 nitrogen and oxygen atoms in total. The minimum atomic E-state index is -0.689. The van der Waals surface area contributed by atoms with Gasteiger partial charge in [0.25, 0.3) is 0 Å². The summed E-state index contributed by atoms with van der Waals surface area (Å²) in [6.07, 6.45) is 5.55. The first-order valence-electron chi connectivity index (χ1n) is 7.48. The summed E-state index contributed by atoms with van der Waals surface area (Å²) in [7, 11) is 0. The molecular weight excluding hydrogens is 292 g/mol. The highest BCUT2D eigenvalue weighted by molar-refractivity contribution is 5.85. The topological polar surface area (TPSA) is 66.6 Å². The van der Waals surface area contributed by atoms with Crippen LogP contribution in [0.25, 0.3) is 0 Å². The van der Waals surface area contributed by atoms with Gasteiger partial charge >= 0.3 is 5.97 Å². The maximum Gasteiger partial charge on any atom is 0.320 e. The number of carboxylic acid groups (broad SMARTS) is 1. The first-order valence-corrected chi connectivity index (χ1v) is 7.48. The molecule has 3 atom stereocenters. The fourth-order valence-electron chi connectivity index (χ4n) is 3.93. The lowest BCUT2D eigenvalue weighted by atomic mass is 9.84. The van der Waals surface area contributed by atoms with Crippen molar-refractivity contribution in [2.24, 2.45) is 5.92 Å². The summed E-state index contributed by atoms with van der Waals surface area (Å²) in [5.74, 6) is 0.669. The van der Waals surface area contributed by atoms with Gasteiger partial charge in [-0.3, -0.25) is 9.69 Å². The molecule has 0 aromatic carbocycles. The van der Waals surface area contributed by atoms with Crippen LogP contribution in [0, 0.1) is 19.8 Å². The molecule has 2 fully saturated rings. The molecule has 1 saturated heterocycles. The largest absolute Gasteiger partial charge is 0.480 e. The van der Waals surface area contributed by atoms with E-state index in [0.29, 0.717) is 18.5 Å².